The first kappa shape index (κ1) is 18.1. The van der Waals surface area contributed by atoms with E-state index >= 15 is 0 Å². The second-order valence-electron chi connectivity index (χ2n) is 7.44. The van der Waals surface area contributed by atoms with E-state index in [1.807, 2.05) is 19.2 Å². The van der Waals surface area contributed by atoms with Crippen LogP contribution in [0.2, 0.25) is 0 Å². The first-order valence-electron chi connectivity index (χ1n) is 9.50. The lowest BCUT2D eigenvalue weighted by atomic mass is 9.81. The molecule has 3 nitrogen and oxygen atoms in total. The Bertz CT molecular complexity index is 1080. The summed E-state index contributed by atoms with van der Waals surface area (Å²) in [5.41, 5.74) is 6.23. The van der Waals surface area contributed by atoms with E-state index in [0.29, 0.717) is 0 Å². The van der Waals surface area contributed by atoms with Gasteiger partial charge < -0.3 is 9.84 Å². The zero-order valence-corrected chi connectivity index (χ0v) is 16.4. The first-order valence-corrected chi connectivity index (χ1v) is 9.50. The third-order valence-electron chi connectivity index (χ3n) is 5.26. The third kappa shape index (κ3) is 3.31. The van der Waals surface area contributed by atoms with Crippen molar-refractivity contribution in [1.82, 2.24) is 5.16 Å². The molecule has 0 aliphatic rings. The molecule has 0 bridgehead atoms. The van der Waals surface area contributed by atoms with Gasteiger partial charge in [-0.2, -0.15) is 0 Å². The van der Waals surface area contributed by atoms with Gasteiger partial charge in [0.1, 0.15) is 11.5 Å². The highest BCUT2D eigenvalue weighted by molar-refractivity contribution is 5.71. The summed E-state index contributed by atoms with van der Waals surface area (Å²) in [6, 6.07) is 29.1. The normalized spacial score (nSPS) is 11.4. The minimum Gasteiger partial charge on any atom is -0.388 e. The minimum atomic E-state index is -0.304. The molecule has 0 atom stereocenters. The fraction of sp³-hybridized carbons (Fsp3) is 0.160. The van der Waals surface area contributed by atoms with Crippen LogP contribution in [0.4, 0.5) is 5.69 Å². The number of benzene rings is 3. The summed E-state index contributed by atoms with van der Waals surface area (Å²) < 4.78 is 5.81. The van der Waals surface area contributed by atoms with Gasteiger partial charge in [0.15, 0.2) is 0 Å². The van der Waals surface area contributed by atoms with Crippen LogP contribution in [0.15, 0.2) is 89.5 Å². The zero-order chi connectivity index (χ0) is 19.6. The quantitative estimate of drug-likeness (QED) is 0.444. The molecule has 140 valence electrons. The van der Waals surface area contributed by atoms with Crippen molar-refractivity contribution in [1.29, 1.82) is 0 Å². The Morgan fingerprint density at radius 3 is 2.21 bits per heavy atom. The molecule has 1 aromatic heterocycles. The largest absolute Gasteiger partial charge is 0.388 e. The molecular formula is C25H24N2O. The summed E-state index contributed by atoms with van der Waals surface area (Å²) in [6.07, 6.45) is 0. The summed E-state index contributed by atoms with van der Waals surface area (Å²) in [4.78, 5) is 0. The average Bonchev–Trinajstić information content (AvgIpc) is 3.26. The lowest BCUT2D eigenvalue weighted by Crippen LogP contribution is -2.19. The molecular weight excluding hydrogens is 344 g/mol. The van der Waals surface area contributed by atoms with Gasteiger partial charge in [-0.3, -0.25) is 0 Å². The molecule has 0 radical (unpaired) electrons. The second kappa shape index (κ2) is 7.35. The number of anilines is 1. The number of aromatic nitrogens is 1. The maximum absolute atomic E-state index is 5.81. The molecule has 0 fully saturated rings. The lowest BCUT2D eigenvalue weighted by Gasteiger charge is -2.24. The van der Waals surface area contributed by atoms with Gasteiger partial charge in [-0.1, -0.05) is 71.9 Å². The molecule has 0 amide bonds. The van der Waals surface area contributed by atoms with Crippen molar-refractivity contribution in [2.24, 2.45) is 0 Å². The molecule has 0 saturated heterocycles. The van der Waals surface area contributed by atoms with Gasteiger partial charge in [-0.05, 0) is 42.7 Å². The van der Waals surface area contributed by atoms with Crippen molar-refractivity contribution >= 4 is 5.69 Å². The Kier molecular flexibility index (Phi) is 4.74. The predicted octanol–water partition coefficient (Wildman–Crippen LogP) is 6.38. The third-order valence-corrected chi connectivity index (χ3v) is 5.26. The van der Waals surface area contributed by atoms with Crippen LogP contribution < -0.4 is 5.32 Å². The Hall–Kier alpha value is -3.33. The number of nitrogens with one attached hydrogen (secondary N) is 1. The number of para-hydroxylation sites is 1. The molecule has 0 spiro atoms. The number of rotatable bonds is 5. The van der Waals surface area contributed by atoms with E-state index in [4.69, 9.17) is 4.52 Å². The van der Waals surface area contributed by atoms with Crippen molar-refractivity contribution in [3.05, 3.63) is 96.3 Å². The van der Waals surface area contributed by atoms with E-state index in [9.17, 15) is 0 Å². The van der Waals surface area contributed by atoms with Crippen LogP contribution in [0.25, 0.3) is 22.4 Å². The van der Waals surface area contributed by atoms with E-state index < -0.39 is 0 Å². The summed E-state index contributed by atoms with van der Waals surface area (Å²) >= 11 is 0. The summed E-state index contributed by atoms with van der Waals surface area (Å²) in [5, 5.41) is 7.65. The van der Waals surface area contributed by atoms with Gasteiger partial charge in [-0.25, -0.2) is 0 Å². The predicted molar refractivity (Wildman–Crippen MR) is 115 cm³/mol. The Balaban J connectivity index is 1.70. The maximum Gasteiger partial charge on any atom is 0.147 e. The lowest BCUT2D eigenvalue weighted by molar-refractivity contribution is 0.342. The minimum absolute atomic E-state index is 0.304. The van der Waals surface area contributed by atoms with Gasteiger partial charge in [0.05, 0.1) is 5.41 Å². The molecule has 3 heteroatoms. The van der Waals surface area contributed by atoms with Crippen molar-refractivity contribution in [3.8, 4) is 22.4 Å². The Morgan fingerprint density at radius 1 is 0.750 bits per heavy atom. The molecule has 1 heterocycles. The van der Waals surface area contributed by atoms with E-state index in [2.05, 4.69) is 97.1 Å². The maximum atomic E-state index is 5.81. The van der Waals surface area contributed by atoms with Crippen molar-refractivity contribution in [2.45, 2.75) is 19.3 Å². The van der Waals surface area contributed by atoms with E-state index in [1.54, 1.807) is 0 Å². The molecule has 28 heavy (non-hydrogen) atoms. The van der Waals surface area contributed by atoms with Crippen LogP contribution in [0.1, 0.15) is 25.2 Å². The van der Waals surface area contributed by atoms with Crippen LogP contribution in [-0.4, -0.2) is 12.2 Å². The highest BCUT2D eigenvalue weighted by Crippen LogP contribution is 2.37. The van der Waals surface area contributed by atoms with Crippen LogP contribution in [0.5, 0.6) is 0 Å². The standard InChI is InChI=1S/C25H24N2O/c1-25(2,21-14-7-8-15-22(21)26-3)24-17-23(27-28-24)20-13-9-12-19(16-20)18-10-5-4-6-11-18/h4-17,26H,1-3H3. The van der Waals surface area contributed by atoms with Gasteiger partial charge in [0.25, 0.3) is 0 Å². The van der Waals surface area contributed by atoms with Crippen LogP contribution in [0.3, 0.4) is 0 Å². The average molecular weight is 368 g/mol. The van der Waals surface area contributed by atoms with Crippen LogP contribution >= 0.6 is 0 Å². The fourth-order valence-electron chi connectivity index (χ4n) is 3.57. The van der Waals surface area contributed by atoms with Gasteiger partial charge in [0.2, 0.25) is 0 Å². The highest BCUT2D eigenvalue weighted by Gasteiger charge is 2.30. The highest BCUT2D eigenvalue weighted by atomic mass is 16.5. The molecule has 0 aliphatic carbocycles. The van der Waals surface area contributed by atoms with E-state index in [1.165, 1.54) is 16.7 Å². The van der Waals surface area contributed by atoms with Gasteiger partial charge >= 0.3 is 0 Å². The molecule has 0 aliphatic heterocycles. The molecule has 4 rings (SSSR count). The van der Waals surface area contributed by atoms with Crippen LogP contribution in [-0.2, 0) is 5.41 Å². The van der Waals surface area contributed by atoms with Gasteiger partial charge in [-0.15, -0.1) is 0 Å². The van der Waals surface area contributed by atoms with E-state index in [-0.39, 0.29) is 5.41 Å². The summed E-state index contributed by atoms with van der Waals surface area (Å²) in [5.74, 6) is 0.843. The molecule has 1 N–H and O–H groups in total. The smallest absolute Gasteiger partial charge is 0.147 e. The SMILES string of the molecule is CNc1ccccc1C(C)(C)c1cc(-c2cccc(-c3ccccc3)c2)no1. The van der Waals surface area contributed by atoms with Crippen LogP contribution in [0, 0.1) is 0 Å². The Labute approximate surface area is 166 Å². The summed E-state index contributed by atoms with van der Waals surface area (Å²) in [7, 11) is 1.94. The molecule has 4 aromatic rings. The number of nitrogens with zero attached hydrogens (tertiary/aromatic N) is 1. The molecule has 0 unspecified atom stereocenters. The second-order valence-corrected chi connectivity index (χ2v) is 7.44. The number of hydrogen-bond acceptors (Lipinski definition) is 3. The molecule has 3 aromatic carbocycles. The number of hydrogen-bond donors (Lipinski definition) is 1. The topological polar surface area (TPSA) is 38.1 Å². The van der Waals surface area contributed by atoms with Crippen molar-refractivity contribution < 1.29 is 4.52 Å². The monoisotopic (exact) mass is 368 g/mol. The first-order chi connectivity index (χ1) is 13.6. The Morgan fingerprint density at radius 2 is 1.43 bits per heavy atom. The zero-order valence-electron chi connectivity index (χ0n) is 16.4. The van der Waals surface area contributed by atoms with Gasteiger partial charge in [0, 0.05) is 24.4 Å². The fourth-order valence-corrected chi connectivity index (χ4v) is 3.57. The van der Waals surface area contributed by atoms with Crippen molar-refractivity contribution in [2.75, 3.05) is 12.4 Å². The summed E-state index contributed by atoms with van der Waals surface area (Å²) in [6.45, 7) is 4.32. The molecule has 0 saturated carbocycles. The van der Waals surface area contributed by atoms with Crippen molar-refractivity contribution in [3.63, 3.8) is 0 Å². The van der Waals surface area contributed by atoms with E-state index in [0.717, 1.165) is 22.7 Å².